The lowest BCUT2D eigenvalue weighted by Crippen LogP contribution is -2.55. The summed E-state index contributed by atoms with van der Waals surface area (Å²) < 4.78 is 11.2. The highest BCUT2D eigenvalue weighted by molar-refractivity contribution is 6.07. The highest BCUT2D eigenvalue weighted by Crippen LogP contribution is 2.50. The van der Waals surface area contributed by atoms with E-state index in [0.29, 0.717) is 18.4 Å². The van der Waals surface area contributed by atoms with Crippen molar-refractivity contribution in [2.75, 3.05) is 0 Å². The van der Waals surface area contributed by atoms with E-state index in [9.17, 15) is 19.5 Å². The summed E-state index contributed by atoms with van der Waals surface area (Å²) >= 11 is 0. The van der Waals surface area contributed by atoms with Crippen LogP contribution in [-0.4, -0.2) is 52.5 Å². The zero-order chi connectivity index (χ0) is 31.8. The Morgan fingerprint density at radius 1 is 0.956 bits per heavy atom. The van der Waals surface area contributed by atoms with Gasteiger partial charge in [0.05, 0.1) is 24.1 Å². The second-order valence-electron chi connectivity index (χ2n) is 13.1. The van der Waals surface area contributed by atoms with Gasteiger partial charge < -0.3 is 30.5 Å². The highest BCUT2D eigenvalue weighted by Gasteiger charge is 2.55. The number of rotatable bonds is 9. The summed E-state index contributed by atoms with van der Waals surface area (Å²) in [6.07, 6.45) is -0.479. The van der Waals surface area contributed by atoms with Crippen molar-refractivity contribution in [3.63, 3.8) is 0 Å². The minimum Gasteiger partial charge on any atom is -0.444 e. The molecule has 3 aliphatic rings. The highest BCUT2D eigenvalue weighted by atomic mass is 16.6. The molecule has 0 aromatic heterocycles. The van der Waals surface area contributed by atoms with Crippen molar-refractivity contribution in [1.82, 2.24) is 16.0 Å². The zero-order valence-corrected chi connectivity index (χ0v) is 25.7. The Morgan fingerprint density at radius 2 is 1.58 bits per heavy atom. The number of ether oxygens (including phenoxy) is 2. The van der Waals surface area contributed by atoms with Crippen LogP contribution in [0.15, 0.2) is 96.7 Å². The average Bonchev–Trinajstić information content (AvgIpc) is 3.62. The van der Waals surface area contributed by atoms with Crippen LogP contribution in [0.5, 0.6) is 0 Å². The average molecular weight is 610 g/mol. The van der Waals surface area contributed by atoms with Crippen molar-refractivity contribution < 1.29 is 29.0 Å². The lowest BCUT2D eigenvalue weighted by molar-refractivity contribution is -0.122. The summed E-state index contributed by atoms with van der Waals surface area (Å²) in [5.74, 6) is -0.649. The molecule has 234 valence electrons. The largest absolute Gasteiger partial charge is 0.444 e. The van der Waals surface area contributed by atoms with Gasteiger partial charge in [-0.3, -0.25) is 4.79 Å². The van der Waals surface area contributed by atoms with Gasteiger partial charge in [-0.2, -0.15) is 0 Å². The molecule has 3 aromatic rings. The Bertz CT molecular complexity index is 1600. The van der Waals surface area contributed by atoms with Crippen molar-refractivity contribution >= 4 is 18.0 Å². The van der Waals surface area contributed by atoms with Gasteiger partial charge in [-0.05, 0) is 49.4 Å². The molecule has 1 saturated heterocycles. The van der Waals surface area contributed by atoms with E-state index < -0.39 is 47.5 Å². The molecule has 45 heavy (non-hydrogen) atoms. The fourth-order valence-corrected chi connectivity index (χ4v) is 6.81. The van der Waals surface area contributed by atoms with Crippen molar-refractivity contribution in [3.8, 4) is 0 Å². The van der Waals surface area contributed by atoms with Crippen molar-refractivity contribution in [3.05, 3.63) is 119 Å². The standard InChI is InChI=1S/C36H39N3O6/c1-35(2,3)45-34(43)38-27(18-22-12-6-4-7-13-22)28(40)20-36(19-23-14-8-5-9-15-23)32(41)26(21-37-36)29-24-16-10-11-17-25(24)30-31(29)44-33(42)39-30/h4-17,21,27-31,37,40H,18-20H2,1-3H3,(H,38,43)(H,39,42)/t27?,28?,29?,30?,31?,36-/m0/s1. The lowest BCUT2D eigenvalue weighted by atomic mass is 9.76. The van der Waals surface area contributed by atoms with Gasteiger partial charge >= 0.3 is 12.2 Å². The van der Waals surface area contributed by atoms with Gasteiger partial charge in [0.2, 0.25) is 0 Å². The molecule has 2 aliphatic heterocycles. The van der Waals surface area contributed by atoms with E-state index in [-0.39, 0.29) is 18.2 Å². The number of carbonyl (C=O) groups excluding carboxylic acids is 3. The Hall–Kier alpha value is -4.63. The number of nitrogens with one attached hydrogen (secondary N) is 3. The Morgan fingerprint density at radius 3 is 2.24 bits per heavy atom. The Kier molecular flexibility index (Phi) is 8.14. The predicted octanol–water partition coefficient (Wildman–Crippen LogP) is 4.86. The van der Waals surface area contributed by atoms with E-state index in [1.165, 1.54) is 0 Å². The second kappa shape index (κ2) is 12.0. The number of amides is 2. The number of ketones is 1. The normalized spacial score (nSPS) is 24.8. The molecule has 9 nitrogen and oxygen atoms in total. The molecule has 0 spiro atoms. The van der Waals surface area contributed by atoms with Gasteiger partial charge in [0, 0.05) is 24.6 Å². The van der Waals surface area contributed by atoms with Gasteiger partial charge in [-0.25, -0.2) is 9.59 Å². The van der Waals surface area contributed by atoms with E-state index >= 15 is 0 Å². The minimum absolute atomic E-state index is 0.00846. The molecule has 0 saturated carbocycles. The summed E-state index contributed by atoms with van der Waals surface area (Å²) in [4.78, 5) is 39.9. The van der Waals surface area contributed by atoms with Gasteiger partial charge in [-0.15, -0.1) is 0 Å². The zero-order valence-electron chi connectivity index (χ0n) is 25.7. The first-order valence-corrected chi connectivity index (χ1v) is 15.4. The van der Waals surface area contributed by atoms with Gasteiger partial charge in [0.1, 0.15) is 17.2 Å². The number of benzene rings is 3. The van der Waals surface area contributed by atoms with E-state index in [4.69, 9.17) is 9.47 Å². The molecule has 1 fully saturated rings. The van der Waals surface area contributed by atoms with Crippen LogP contribution in [0.3, 0.4) is 0 Å². The molecule has 9 heteroatoms. The minimum atomic E-state index is -1.22. The third kappa shape index (κ3) is 6.31. The van der Waals surface area contributed by atoms with E-state index in [1.807, 2.05) is 84.9 Å². The van der Waals surface area contributed by atoms with E-state index in [0.717, 1.165) is 22.3 Å². The predicted molar refractivity (Wildman–Crippen MR) is 168 cm³/mol. The number of aliphatic hydroxyl groups excluding tert-OH is 1. The van der Waals surface area contributed by atoms with Crippen LogP contribution in [0.4, 0.5) is 9.59 Å². The molecule has 2 heterocycles. The van der Waals surface area contributed by atoms with Crippen molar-refractivity contribution in [1.29, 1.82) is 0 Å². The summed E-state index contributed by atoms with van der Waals surface area (Å²) in [7, 11) is 0. The molecular weight excluding hydrogens is 570 g/mol. The topological polar surface area (TPSA) is 126 Å². The second-order valence-corrected chi connectivity index (χ2v) is 13.1. The van der Waals surface area contributed by atoms with Gasteiger partial charge in [-0.1, -0.05) is 84.9 Å². The van der Waals surface area contributed by atoms with Crippen LogP contribution in [0.2, 0.25) is 0 Å². The smallest absolute Gasteiger partial charge is 0.408 e. The molecule has 0 bridgehead atoms. The van der Waals surface area contributed by atoms with Crippen LogP contribution >= 0.6 is 0 Å². The van der Waals surface area contributed by atoms with Gasteiger partial charge in [0.15, 0.2) is 5.78 Å². The monoisotopic (exact) mass is 609 g/mol. The number of hydrogen-bond acceptors (Lipinski definition) is 7. The molecular formula is C36H39N3O6. The molecule has 6 rings (SSSR count). The maximum atomic E-state index is 14.7. The van der Waals surface area contributed by atoms with Crippen LogP contribution in [-0.2, 0) is 27.1 Å². The maximum absolute atomic E-state index is 14.7. The number of carbonyl (C=O) groups is 3. The number of hydrogen-bond donors (Lipinski definition) is 4. The van der Waals surface area contributed by atoms with Crippen LogP contribution in [0.25, 0.3) is 0 Å². The molecule has 0 radical (unpaired) electrons. The summed E-state index contributed by atoms with van der Waals surface area (Å²) in [6, 6.07) is 25.9. The molecule has 2 amide bonds. The molecule has 3 aromatic carbocycles. The van der Waals surface area contributed by atoms with Crippen LogP contribution < -0.4 is 16.0 Å². The van der Waals surface area contributed by atoms with Gasteiger partial charge in [0.25, 0.3) is 0 Å². The van der Waals surface area contributed by atoms with Crippen molar-refractivity contribution in [2.45, 2.75) is 81.4 Å². The fourth-order valence-electron chi connectivity index (χ4n) is 6.81. The summed E-state index contributed by atoms with van der Waals surface area (Å²) in [5.41, 5.74) is 2.24. The number of alkyl carbamates (subject to hydrolysis) is 2. The third-order valence-electron chi connectivity index (χ3n) is 8.75. The Balaban J connectivity index is 1.32. The quantitative estimate of drug-likeness (QED) is 0.273. The summed E-state index contributed by atoms with van der Waals surface area (Å²) in [5, 5.41) is 21.0. The Labute approximate surface area is 263 Å². The molecule has 1 aliphatic carbocycles. The maximum Gasteiger partial charge on any atom is 0.408 e. The third-order valence-corrected chi connectivity index (χ3v) is 8.75. The SMILES string of the molecule is CC(C)(C)OC(=O)NC(Cc1ccccc1)C(O)C[C@]1(Cc2ccccc2)NC=C(C2c3ccccc3C3NC(=O)OC32)C1=O. The van der Waals surface area contributed by atoms with Crippen LogP contribution in [0.1, 0.15) is 61.4 Å². The van der Waals surface area contributed by atoms with Crippen LogP contribution in [0, 0.1) is 0 Å². The first kappa shape index (κ1) is 30.4. The fraction of sp³-hybridized carbons (Fsp3) is 0.361. The first-order chi connectivity index (χ1) is 21.5. The first-order valence-electron chi connectivity index (χ1n) is 15.4. The van der Waals surface area contributed by atoms with E-state index in [2.05, 4.69) is 16.0 Å². The number of fused-ring (bicyclic) bond motifs is 3. The molecule has 6 atom stereocenters. The van der Waals surface area contributed by atoms with Crippen molar-refractivity contribution in [2.24, 2.45) is 0 Å². The summed E-state index contributed by atoms with van der Waals surface area (Å²) in [6.45, 7) is 5.34. The number of Topliss-reactive ketones (excluding diaryl/α,β-unsaturated/α-hetero) is 1. The number of aliphatic hydroxyl groups is 1. The lowest BCUT2D eigenvalue weighted by Gasteiger charge is -2.35. The van der Waals surface area contributed by atoms with E-state index in [1.54, 1.807) is 27.0 Å². The molecule has 5 unspecified atom stereocenters. The molecule has 4 N–H and O–H groups in total.